The van der Waals surface area contributed by atoms with Crippen molar-refractivity contribution >= 4 is 0 Å². The summed E-state index contributed by atoms with van der Waals surface area (Å²) in [6.07, 6.45) is 12.3. The van der Waals surface area contributed by atoms with Gasteiger partial charge in [-0.15, -0.1) is 0 Å². The third-order valence-electron chi connectivity index (χ3n) is 5.20. The maximum atomic E-state index is 3.93. The Morgan fingerprint density at radius 1 is 1.10 bits per heavy atom. The molecule has 20 heavy (non-hydrogen) atoms. The number of hydrogen-bond donors (Lipinski definition) is 1. The Hall–Kier alpha value is -0.340. The topological polar surface area (TPSA) is 15.3 Å². The van der Waals surface area contributed by atoms with E-state index in [9.17, 15) is 0 Å². The van der Waals surface area contributed by atoms with Crippen molar-refractivity contribution in [3.05, 3.63) is 11.6 Å². The fourth-order valence-corrected chi connectivity index (χ4v) is 3.74. The fourth-order valence-electron chi connectivity index (χ4n) is 3.74. The monoisotopic (exact) mass is 278 g/mol. The molecule has 1 aliphatic carbocycles. The molecule has 2 nitrogen and oxygen atoms in total. The molecule has 0 radical (unpaired) electrons. The molecule has 2 rings (SSSR count). The zero-order valence-corrected chi connectivity index (χ0v) is 13.8. The molecule has 1 atom stereocenters. The van der Waals surface area contributed by atoms with E-state index in [1.807, 2.05) is 0 Å². The van der Waals surface area contributed by atoms with Gasteiger partial charge in [0, 0.05) is 18.6 Å². The van der Waals surface area contributed by atoms with E-state index in [1.54, 1.807) is 0 Å². The largest absolute Gasteiger partial charge is 0.311 e. The number of rotatable bonds is 5. The van der Waals surface area contributed by atoms with Crippen LogP contribution in [0.25, 0.3) is 0 Å². The quantitative estimate of drug-likeness (QED) is 0.765. The maximum absolute atomic E-state index is 3.93. The van der Waals surface area contributed by atoms with Crippen molar-refractivity contribution in [1.29, 1.82) is 0 Å². The second kappa shape index (κ2) is 8.19. The van der Waals surface area contributed by atoms with Gasteiger partial charge in [0.15, 0.2) is 0 Å². The predicted octanol–water partition coefficient (Wildman–Crippen LogP) is 3.98. The molecule has 1 saturated carbocycles. The first kappa shape index (κ1) is 16.0. The van der Waals surface area contributed by atoms with Crippen molar-refractivity contribution in [1.82, 2.24) is 10.2 Å². The van der Waals surface area contributed by atoms with Gasteiger partial charge in [0.1, 0.15) is 0 Å². The highest BCUT2D eigenvalue weighted by Gasteiger charge is 2.24. The number of nitrogens with zero attached hydrogens (tertiary/aromatic N) is 1. The molecule has 116 valence electrons. The highest BCUT2D eigenvalue weighted by atomic mass is 15.1. The maximum Gasteiger partial charge on any atom is 0.0165 e. The van der Waals surface area contributed by atoms with Gasteiger partial charge in [-0.05, 0) is 65.5 Å². The first-order chi connectivity index (χ1) is 9.65. The van der Waals surface area contributed by atoms with E-state index in [-0.39, 0.29) is 0 Å². The fraction of sp³-hybridized carbons (Fsp3) is 0.889. The summed E-state index contributed by atoms with van der Waals surface area (Å²) < 4.78 is 0. The first-order valence-corrected chi connectivity index (χ1v) is 8.77. The average Bonchev–Trinajstić information content (AvgIpc) is 2.47. The minimum atomic E-state index is 0.727. The van der Waals surface area contributed by atoms with Crippen molar-refractivity contribution in [2.24, 2.45) is 5.92 Å². The van der Waals surface area contributed by atoms with Crippen molar-refractivity contribution in [3.8, 4) is 0 Å². The van der Waals surface area contributed by atoms with Crippen molar-refractivity contribution in [2.45, 2.75) is 77.8 Å². The van der Waals surface area contributed by atoms with Gasteiger partial charge in [0.05, 0.1) is 0 Å². The molecule has 0 aromatic rings. The summed E-state index contributed by atoms with van der Waals surface area (Å²) in [4.78, 5) is 2.59. The number of likely N-dealkylation sites (tertiary alicyclic amines) is 1. The Bertz CT molecular complexity index is 293. The SMILES string of the molecule is CC(C)=CCN1CCC(NC(C)C2CCCCC2)CC1. The average molecular weight is 278 g/mol. The van der Waals surface area contributed by atoms with Crippen LogP contribution in [0.3, 0.4) is 0 Å². The van der Waals surface area contributed by atoms with Gasteiger partial charge in [0.25, 0.3) is 0 Å². The Balaban J connectivity index is 1.67. The van der Waals surface area contributed by atoms with Crippen molar-refractivity contribution in [2.75, 3.05) is 19.6 Å². The summed E-state index contributed by atoms with van der Waals surface area (Å²) in [6.45, 7) is 10.5. The van der Waals surface area contributed by atoms with Gasteiger partial charge in [-0.1, -0.05) is 30.9 Å². The molecular weight excluding hydrogens is 244 g/mol. The molecule has 0 amide bonds. The summed E-state index contributed by atoms with van der Waals surface area (Å²) in [6, 6.07) is 1.49. The molecule has 1 saturated heterocycles. The van der Waals surface area contributed by atoms with Gasteiger partial charge in [-0.2, -0.15) is 0 Å². The van der Waals surface area contributed by atoms with Crippen molar-refractivity contribution in [3.63, 3.8) is 0 Å². The number of piperidine rings is 1. The summed E-state index contributed by atoms with van der Waals surface area (Å²) in [5.41, 5.74) is 1.44. The van der Waals surface area contributed by atoms with Gasteiger partial charge in [-0.25, -0.2) is 0 Å². The van der Waals surface area contributed by atoms with Crippen molar-refractivity contribution < 1.29 is 0 Å². The second-order valence-corrected chi connectivity index (χ2v) is 7.21. The van der Waals surface area contributed by atoms with Gasteiger partial charge < -0.3 is 5.32 Å². The molecular formula is C18H34N2. The minimum absolute atomic E-state index is 0.727. The van der Waals surface area contributed by atoms with Gasteiger partial charge >= 0.3 is 0 Å². The van der Waals surface area contributed by atoms with Crippen LogP contribution in [-0.2, 0) is 0 Å². The predicted molar refractivity (Wildman–Crippen MR) is 88.1 cm³/mol. The lowest BCUT2D eigenvalue weighted by atomic mass is 9.84. The van der Waals surface area contributed by atoms with E-state index < -0.39 is 0 Å². The number of allylic oxidation sites excluding steroid dienone is 1. The van der Waals surface area contributed by atoms with Crippen LogP contribution in [0.5, 0.6) is 0 Å². The van der Waals surface area contributed by atoms with Crippen LogP contribution in [-0.4, -0.2) is 36.6 Å². The van der Waals surface area contributed by atoms with Crippen LogP contribution in [0, 0.1) is 5.92 Å². The van der Waals surface area contributed by atoms with E-state index in [4.69, 9.17) is 0 Å². The lowest BCUT2D eigenvalue weighted by molar-refractivity contribution is 0.187. The molecule has 0 spiro atoms. The molecule has 1 unspecified atom stereocenters. The lowest BCUT2D eigenvalue weighted by Crippen LogP contribution is -2.47. The van der Waals surface area contributed by atoms with Crippen LogP contribution in [0.15, 0.2) is 11.6 Å². The standard InChI is InChI=1S/C18H34N2/c1-15(2)9-12-20-13-10-18(11-14-20)19-16(3)17-7-5-4-6-8-17/h9,16-19H,4-8,10-14H2,1-3H3. The minimum Gasteiger partial charge on any atom is -0.311 e. The molecule has 0 aromatic carbocycles. The van der Waals surface area contributed by atoms with Crippen LogP contribution in [0.1, 0.15) is 65.7 Å². The molecule has 0 aromatic heterocycles. The lowest BCUT2D eigenvalue weighted by Gasteiger charge is -2.36. The summed E-state index contributed by atoms with van der Waals surface area (Å²) in [5, 5.41) is 3.93. The van der Waals surface area contributed by atoms with E-state index >= 15 is 0 Å². The second-order valence-electron chi connectivity index (χ2n) is 7.21. The summed E-state index contributed by atoms with van der Waals surface area (Å²) in [7, 11) is 0. The van der Waals surface area contributed by atoms with E-state index in [1.165, 1.54) is 63.6 Å². The summed E-state index contributed by atoms with van der Waals surface area (Å²) >= 11 is 0. The van der Waals surface area contributed by atoms with Crippen LogP contribution in [0.2, 0.25) is 0 Å². The van der Waals surface area contributed by atoms with E-state index in [2.05, 4.69) is 37.1 Å². The Morgan fingerprint density at radius 3 is 2.35 bits per heavy atom. The van der Waals surface area contributed by atoms with Gasteiger partial charge in [0.2, 0.25) is 0 Å². The van der Waals surface area contributed by atoms with Crippen LogP contribution >= 0.6 is 0 Å². The Kier molecular flexibility index (Phi) is 6.57. The highest BCUT2D eigenvalue weighted by Crippen LogP contribution is 2.27. The Morgan fingerprint density at radius 2 is 1.75 bits per heavy atom. The van der Waals surface area contributed by atoms with E-state index in [0.29, 0.717) is 0 Å². The van der Waals surface area contributed by atoms with Crippen LogP contribution < -0.4 is 5.32 Å². The number of nitrogens with one attached hydrogen (secondary N) is 1. The normalized spacial score (nSPS) is 24.6. The highest BCUT2D eigenvalue weighted by molar-refractivity contribution is 4.96. The zero-order chi connectivity index (χ0) is 14.4. The molecule has 0 bridgehead atoms. The molecule has 1 aliphatic heterocycles. The molecule has 1 N–H and O–H groups in total. The molecule has 2 aliphatic rings. The summed E-state index contributed by atoms with van der Waals surface area (Å²) in [5.74, 6) is 0.937. The molecule has 1 heterocycles. The van der Waals surface area contributed by atoms with Crippen LogP contribution in [0.4, 0.5) is 0 Å². The molecule has 2 heteroatoms. The third-order valence-corrected chi connectivity index (χ3v) is 5.20. The Labute approximate surface area is 126 Å². The number of hydrogen-bond acceptors (Lipinski definition) is 2. The molecule has 2 fully saturated rings. The smallest absolute Gasteiger partial charge is 0.0165 e. The first-order valence-electron chi connectivity index (χ1n) is 8.77. The third kappa shape index (κ3) is 5.21. The zero-order valence-electron chi connectivity index (χ0n) is 13.8. The van der Waals surface area contributed by atoms with E-state index in [0.717, 1.165) is 24.5 Å². The van der Waals surface area contributed by atoms with Gasteiger partial charge in [-0.3, -0.25) is 4.90 Å².